The number of nitrogens with one attached hydrogen (secondary N) is 1. The van der Waals surface area contributed by atoms with E-state index >= 15 is 0 Å². The van der Waals surface area contributed by atoms with E-state index < -0.39 is 0 Å². The number of carbonyl (C=O) groups is 1. The third-order valence-corrected chi connectivity index (χ3v) is 4.01. The molecule has 0 bridgehead atoms. The summed E-state index contributed by atoms with van der Waals surface area (Å²) in [6, 6.07) is 13.7. The number of amides is 1. The number of hydrogen-bond acceptors (Lipinski definition) is 4. The molecule has 4 nitrogen and oxygen atoms in total. The molecule has 2 aromatic rings. The highest BCUT2D eigenvalue weighted by Gasteiger charge is 2.10. The minimum Gasteiger partial charge on any atom is -0.492 e. The van der Waals surface area contributed by atoms with E-state index in [1.807, 2.05) is 47.9 Å². The van der Waals surface area contributed by atoms with Crippen molar-refractivity contribution < 1.29 is 9.53 Å². The minimum absolute atomic E-state index is 0.0000628. The molecule has 0 unspecified atom stereocenters. The molecule has 0 aliphatic rings. The summed E-state index contributed by atoms with van der Waals surface area (Å²) in [7, 11) is 0. The zero-order valence-electron chi connectivity index (χ0n) is 13.1. The maximum Gasteiger partial charge on any atom is 0.234 e. The molecule has 5 heteroatoms. The van der Waals surface area contributed by atoms with Gasteiger partial charge in [0.05, 0.1) is 13.1 Å². The first kappa shape index (κ1) is 17.2. The Kier molecular flexibility index (Phi) is 7.36. The smallest absolute Gasteiger partial charge is 0.234 e. The number of ether oxygens (including phenoxy) is 1. The van der Waals surface area contributed by atoms with E-state index in [9.17, 15) is 4.79 Å². The normalized spacial score (nSPS) is 10.5. The molecule has 1 N–H and O–H groups in total. The summed E-state index contributed by atoms with van der Waals surface area (Å²) in [5.74, 6) is 0.813. The Morgan fingerprint density at radius 2 is 2.09 bits per heavy atom. The lowest BCUT2D eigenvalue weighted by Crippen LogP contribution is -2.38. The van der Waals surface area contributed by atoms with Crippen molar-refractivity contribution in [3.8, 4) is 5.75 Å². The Bertz CT molecular complexity index is 584. The molecule has 0 aliphatic carbocycles. The van der Waals surface area contributed by atoms with E-state index in [-0.39, 0.29) is 5.91 Å². The second-order valence-electron chi connectivity index (χ2n) is 5.05. The molecule has 0 atom stereocenters. The van der Waals surface area contributed by atoms with Crippen molar-refractivity contribution in [2.45, 2.75) is 6.54 Å². The Morgan fingerprint density at radius 3 is 2.78 bits per heavy atom. The quantitative estimate of drug-likeness (QED) is 0.538. The molecular formula is C18H22N2O2S. The summed E-state index contributed by atoms with van der Waals surface area (Å²) in [6.07, 6.45) is 1.82. The van der Waals surface area contributed by atoms with E-state index in [4.69, 9.17) is 4.74 Å². The zero-order valence-corrected chi connectivity index (χ0v) is 13.9. The second-order valence-corrected chi connectivity index (χ2v) is 6.08. The average molecular weight is 330 g/mol. The molecule has 0 saturated heterocycles. The third kappa shape index (κ3) is 6.67. The summed E-state index contributed by atoms with van der Waals surface area (Å²) in [4.78, 5) is 15.3. The molecule has 0 fully saturated rings. The lowest BCUT2D eigenvalue weighted by molar-refractivity contribution is -0.122. The number of nitrogens with zero attached hydrogens (tertiary/aromatic N) is 1. The monoisotopic (exact) mass is 330 g/mol. The highest BCUT2D eigenvalue weighted by Crippen LogP contribution is 2.11. The van der Waals surface area contributed by atoms with Gasteiger partial charge in [0.2, 0.25) is 5.91 Å². The summed E-state index contributed by atoms with van der Waals surface area (Å²) in [5.41, 5.74) is 0. The topological polar surface area (TPSA) is 41.6 Å². The predicted octanol–water partition coefficient (Wildman–Crippen LogP) is 2.93. The van der Waals surface area contributed by atoms with Gasteiger partial charge in [-0.1, -0.05) is 30.3 Å². The highest BCUT2D eigenvalue weighted by molar-refractivity contribution is 7.09. The van der Waals surface area contributed by atoms with Gasteiger partial charge in [-0.3, -0.25) is 9.69 Å². The Morgan fingerprint density at radius 1 is 1.26 bits per heavy atom. The van der Waals surface area contributed by atoms with Crippen molar-refractivity contribution in [2.75, 3.05) is 26.2 Å². The van der Waals surface area contributed by atoms with Crippen LogP contribution in [0.1, 0.15) is 4.88 Å². The largest absolute Gasteiger partial charge is 0.492 e. The van der Waals surface area contributed by atoms with Crippen LogP contribution < -0.4 is 10.1 Å². The van der Waals surface area contributed by atoms with Crippen LogP contribution in [0.3, 0.4) is 0 Å². The van der Waals surface area contributed by atoms with Crippen LogP contribution in [-0.2, 0) is 11.3 Å². The van der Waals surface area contributed by atoms with Crippen LogP contribution in [0, 0.1) is 0 Å². The number of carbonyl (C=O) groups excluding carboxylic acids is 1. The van der Waals surface area contributed by atoms with Crippen molar-refractivity contribution in [3.63, 3.8) is 0 Å². The first-order valence-electron chi connectivity index (χ1n) is 7.58. The van der Waals surface area contributed by atoms with Gasteiger partial charge in [0.15, 0.2) is 0 Å². The molecule has 0 spiro atoms. The molecular weight excluding hydrogens is 308 g/mol. The van der Waals surface area contributed by atoms with Crippen LogP contribution in [0.2, 0.25) is 0 Å². The lowest BCUT2D eigenvalue weighted by atomic mass is 10.3. The van der Waals surface area contributed by atoms with Gasteiger partial charge in [-0.2, -0.15) is 0 Å². The van der Waals surface area contributed by atoms with Crippen LogP contribution in [0.5, 0.6) is 5.75 Å². The molecule has 0 radical (unpaired) electrons. The van der Waals surface area contributed by atoms with Gasteiger partial charge in [-0.25, -0.2) is 0 Å². The van der Waals surface area contributed by atoms with Crippen molar-refractivity contribution in [1.29, 1.82) is 0 Å². The SMILES string of the molecule is C=CCN(CC(=O)NCCOc1ccccc1)Cc1cccs1. The number of para-hydroxylation sites is 1. The van der Waals surface area contributed by atoms with Gasteiger partial charge in [0, 0.05) is 18.0 Å². The maximum absolute atomic E-state index is 12.0. The molecule has 0 saturated carbocycles. The van der Waals surface area contributed by atoms with Crippen LogP contribution in [0.15, 0.2) is 60.5 Å². The van der Waals surface area contributed by atoms with E-state index in [1.165, 1.54) is 4.88 Å². The number of rotatable bonds is 10. The molecule has 122 valence electrons. The fraction of sp³-hybridized carbons (Fsp3) is 0.278. The van der Waals surface area contributed by atoms with Crippen LogP contribution >= 0.6 is 11.3 Å². The van der Waals surface area contributed by atoms with Crippen LogP contribution in [-0.4, -0.2) is 37.0 Å². The molecule has 1 aromatic heterocycles. The molecule has 1 amide bonds. The third-order valence-electron chi connectivity index (χ3n) is 3.15. The Hall–Kier alpha value is -2.11. The van der Waals surface area contributed by atoms with Crippen LogP contribution in [0.25, 0.3) is 0 Å². The van der Waals surface area contributed by atoms with E-state index in [1.54, 1.807) is 11.3 Å². The van der Waals surface area contributed by atoms with Crippen LogP contribution in [0.4, 0.5) is 0 Å². The fourth-order valence-electron chi connectivity index (χ4n) is 2.13. The maximum atomic E-state index is 12.0. The van der Waals surface area contributed by atoms with Gasteiger partial charge in [0.1, 0.15) is 12.4 Å². The average Bonchev–Trinajstić information content (AvgIpc) is 3.06. The Balaban J connectivity index is 1.68. The summed E-state index contributed by atoms with van der Waals surface area (Å²) < 4.78 is 5.55. The zero-order chi connectivity index (χ0) is 16.3. The number of hydrogen-bond donors (Lipinski definition) is 1. The summed E-state index contributed by atoms with van der Waals surface area (Å²) >= 11 is 1.70. The number of benzene rings is 1. The van der Waals surface area contributed by atoms with Gasteiger partial charge < -0.3 is 10.1 Å². The van der Waals surface area contributed by atoms with Crippen molar-refractivity contribution >= 4 is 17.2 Å². The standard InChI is InChI=1S/C18H22N2O2S/c1-2-11-20(14-17-9-6-13-23-17)15-18(21)19-10-12-22-16-7-4-3-5-8-16/h2-9,13H,1,10-12,14-15H2,(H,19,21). The molecule has 1 aromatic carbocycles. The molecule has 2 rings (SSSR count). The molecule has 1 heterocycles. The molecule has 0 aliphatic heterocycles. The van der Waals surface area contributed by atoms with Gasteiger partial charge in [-0.05, 0) is 23.6 Å². The van der Waals surface area contributed by atoms with Gasteiger partial charge in [-0.15, -0.1) is 17.9 Å². The van der Waals surface area contributed by atoms with Gasteiger partial charge in [0.25, 0.3) is 0 Å². The van der Waals surface area contributed by atoms with E-state index in [2.05, 4.69) is 22.9 Å². The van der Waals surface area contributed by atoms with Crippen molar-refractivity contribution in [1.82, 2.24) is 10.2 Å². The first-order valence-corrected chi connectivity index (χ1v) is 8.46. The van der Waals surface area contributed by atoms with E-state index in [0.717, 1.165) is 12.3 Å². The Labute approximate surface area is 141 Å². The number of thiophene rings is 1. The van der Waals surface area contributed by atoms with Gasteiger partial charge >= 0.3 is 0 Å². The minimum atomic E-state index is 0.0000628. The fourth-order valence-corrected chi connectivity index (χ4v) is 2.87. The predicted molar refractivity (Wildman–Crippen MR) is 94.7 cm³/mol. The van der Waals surface area contributed by atoms with Crippen molar-refractivity contribution in [2.24, 2.45) is 0 Å². The second kappa shape index (κ2) is 9.82. The first-order chi connectivity index (χ1) is 11.3. The van der Waals surface area contributed by atoms with E-state index in [0.29, 0.717) is 26.2 Å². The highest BCUT2D eigenvalue weighted by atomic mass is 32.1. The van der Waals surface area contributed by atoms with Crippen molar-refractivity contribution in [3.05, 3.63) is 65.4 Å². The lowest BCUT2D eigenvalue weighted by Gasteiger charge is -2.19. The summed E-state index contributed by atoms with van der Waals surface area (Å²) in [6.45, 7) is 6.52. The molecule has 23 heavy (non-hydrogen) atoms. The summed E-state index contributed by atoms with van der Waals surface area (Å²) in [5, 5.41) is 4.93.